The Morgan fingerprint density at radius 1 is 0.929 bits per heavy atom. The van der Waals surface area contributed by atoms with Crippen molar-refractivity contribution in [2.75, 3.05) is 0 Å². The highest BCUT2D eigenvalue weighted by Gasteiger charge is 2.02. The van der Waals surface area contributed by atoms with Gasteiger partial charge in [-0.15, -0.1) is 0 Å². The van der Waals surface area contributed by atoms with E-state index in [0.29, 0.717) is 0 Å². The van der Waals surface area contributed by atoms with Crippen LogP contribution >= 0.6 is 0 Å². The third-order valence-corrected chi connectivity index (χ3v) is 3.85. The van der Waals surface area contributed by atoms with E-state index in [1.54, 1.807) is 6.07 Å². The first-order valence-electron chi connectivity index (χ1n) is 4.67. The van der Waals surface area contributed by atoms with E-state index in [1.807, 2.05) is 12.1 Å². The quantitative estimate of drug-likeness (QED) is 0.625. The molecule has 0 spiro atoms. The number of hydrogen-bond acceptors (Lipinski definition) is 0. The van der Waals surface area contributed by atoms with Crippen molar-refractivity contribution < 1.29 is 4.39 Å². The lowest BCUT2D eigenvalue weighted by molar-refractivity contribution is 0.630. The molecule has 0 aromatic heterocycles. The molecule has 0 aliphatic rings. The summed E-state index contributed by atoms with van der Waals surface area (Å²) in [6, 6.07) is 11.2. The third-order valence-electron chi connectivity index (χ3n) is 2.38. The van der Waals surface area contributed by atoms with Crippen LogP contribution in [0.25, 0.3) is 10.8 Å². The molecule has 2 aromatic rings. The van der Waals surface area contributed by atoms with E-state index in [1.165, 1.54) is 11.3 Å². The monoisotopic (exact) mass is 203 g/mol. The number of fused-ring (bicyclic) bond motifs is 1. The van der Waals surface area contributed by atoms with Crippen molar-refractivity contribution in [2.24, 2.45) is 0 Å². The van der Waals surface area contributed by atoms with Crippen LogP contribution in [0.5, 0.6) is 0 Å². The summed E-state index contributed by atoms with van der Waals surface area (Å²) in [6.45, 7) is 4.52. The van der Waals surface area contributed by atoms with Crippen LogP contribution in [0, 0.1) is 5.82 Å². The number of rotatable bonds is 1. The first-order valence-corrected chi connectivity index (χ1v) is 7.17. The van der Waals surface area contributed by atoms with Gasteiger partial charge in [-0.25, -0.2) is 4.39 Å². The predicted octanol–water partition coefficient (Wildman–Crippen LogP) is 2.94. The van der Waals surface area contributed by atoms with Crippen LogP contribution in [0.2, 0.25) is 13.1 Å². The third kappa shape index (κ3) is 1.70. The van der Waals surface area contributed by atoms with Crippen LogP contribution < -0.4 is 5.19 Å². The summed E-state index contributed by atoms with van der Waals surface area (Å²) in [5.74, 6) is -0.163. The molecule has 0 bridgehead atoms. The Balaban J connectivity index is 2.62. The molecule has 0 N–H and O–H groups in total. The van der Waals surface area contributed by atoms with E-state index in [2.05, 4.69) is 25.2 Å². The normalized spacial score (nSPS) is 11.1. The molecule has 1 radical (unpaired) electrons. The second-order valence-corrected chi connectivity index (χ2v) is 6.28. The van der Waals surface area contributed by atoms with Gasteiger partial charge in [0, 0.05) is 0 Å². The summed E-state index contributed by atoms with van der Waals surface area (Å²) >= 11 is 0. The predicted molar refractivity (Wildman–Crippen MR) is 61.0 cm³/mol. The molecular weight excluding hydrogens is 191 g/mol. The van der Waals surface area contributed by atoms with Crippen molar-refractivity contribution >= 4 is 24.8 Å². The molecule has 0 fully saturated rings. The van der Waals surface area contributed by atoms with E-state index >= 15 is 0 Å². The van der Waals surface area contributed by atoms with Crippen LogP contribution in [0.15, 0.2) is 36.4 Å². The van der Waals surface area contributed by atoms with Gasteiger partial charge in [-0.3, -0.25) is 0 Å². The lowest BCUT2D eigenvalue weighted by atomic mass is 10.1. The minimum Gasteiger partial charge on any atom is -0.207 e. The summed E-state index contributed by atoms with van der Waals surface area (Å²) in [5.41, 5.74) is 0. The molecule has 0 saturated heterocycles. The van der Waals surface area contributed by atoms with Gasteiger partial charge in [-0.2, -0.15) is 0 Å². The zero-order valence-electron chi connectivity index (χ0n) is 8.34. The number of hydrogen-bond donors (Lipinski definition) is 0. The van der Waals surface area contributed by atoms with Crippen molar-refractivity contribution in [2.45, 2.75) is 13.1 Å². The van der Waals surface area contributed by atoms with Gasteiger partial charge in [0.1, 0.15) is 5.82 Å². The van der Waals surface area contributed by atoms with E-state index in [0.717, 1.165) is 10.8 Å². The summed E-state index contributed by atoms with van der Waals surface area (Å²) in [6.07, 6.45) is 0. The smallest absolute Gasteiger partial charge is 0.123 e. The molecule has 2 aromatic carbocycles. The standard InChI is InChI=1S/C12H12FSi/c1-14(2)12-6-4-9-7-11(13)5-3-10(9)8-12/h3-8H,1-2H3. The van der Waals surface area contributed by atoms with Gasteiger partial charge in [-0.05, 0) is 22.9 Å². The van der Waals surface area contributed by atoms with Gasteiger partial charge in [0.05, 0.1) is 8.80 Å². The lowest BCUT2D eigenvalue weighted by Gasteiger charge is -2.05. The van der Waals surface area contributed by atoms with Crippen molar-refractivity contribution in [1.29, 1.82) is 0 Å². The van der Waals surface area contributed by atoms with Gasteiger partial charge < -0.3 is 0 Å². The van der Waals surface area contributed by atoms with Gasteiger partial charge in [0.2, 0.25) is 0 Å². The van der Waals surface area contributed by atoms with E-state index in [-0.39, 0.29) is 5.82 Å². The minimum atomic E-state index is -0.406. The van der Waals surface area contributed by atoms with Crippen LogP contribution in [-0.4, -0.2) is 8.80 Å². The summed E-state index contributed by atoms with van der Waals surface area (Å²) < 4.78 is 12.9. The van der Waals surface area contributed by atoms with Crippen LogP contribution in [0.1, 0.15) is 0 Å². The van der Waals surface area contributed by atoms with Crippen LogP contribution in [-0.2, 0) is 0 Å². The van der Waals surface area contributed by atoms with Crippen molar-refractivity contribution in [1.82, 2.24) is 0 Å². The molecule has 2 rings (SSSR count). The fraction of sp³-hybridized carbons (Fsp3) is 0.167. The van der Waals surface area contributed by atoms with E-state index in [9.17, 15) is 4.39 Å². The summed E-state index contributed by atoms with van der Waals surface area (Å²) in [7, 11) is -0.406. The van der Waals surface area contributed by atoms with Gasteiger partial charge in [0.15, 0.2) is 0 Å². The highest BCUT2D eigenvalue weighted by atomic mass is 28.3. The Bertz CT molecular complexity index is 463. The largest absolute Gasteiger partial charge is 0.207 e. The van der Waals surface area contributed by atoms with Gasteiger partial charge >= 0.3 is 0 Å². The minimum absolute atomic E-state index is 0.163. The first kappa shape index (κ1) is 9.40. The Labute approximate surface area is 85.0 Å². The van der Waals surface area contributed by atoms with Crippen LogP contribution in [0.4, 0.5) is 4.39 Å². The topological polar surface area (TPSA) is 0 Å². The number of halogens is 1. The lowest BCUT2D eigenvalue weighted by Crippen LogP contribution is -2.21. The molecule has 0 atom stereocenters. The maximum Gasteiger partial charge on any atom is 0.123 e. The molecule has 0 unspecified atom stereocenters. The van der Waals surface area contributed by atoms with Crippen LogP contribution in [0.3, 0.4) is 0 Å². The fourth-order valence-electron chi connectivity index (χ4n) is 1.53. The molecule has 0 amide bonds. The second kappa shape index (κ2) is 3.54. The molecule has 71 valence electrons. The van der Waals surface area contributed by atoms with E-state index < -0.39 is 8.80 Å². The molecule has 0 nitrogen and oxygen atoms in total. The molecule has 0 saturated carbocycles. The maximum atomic E-state index is 12.9. The SMILES string of the molecule is C[Si](C)c1ccc2cc(F)ccc2c1. The molecule has 0 heterocycles. The first-order chi connectivity index (χ1) is 6.66. The Hall–Kier alpha value is -1.15. The fourth-order valence-corrected chi connectivity index (χ4v) is 2.39. The maximum absolute atomic E-state index is 12.9. The molecule has 0 aliphatic heterocycles. The van der Waals surface area contributed by atoms with Crippen molar-refractivity contribution in [3.05, 3.63) is 42.2 Å². The zero-order valence-corrected chi connectivity index (χ0v) is 9.34. The van der Waals surface area contributed by atoms with Gasteiger partial charge in [0.25, 0.3) is 0 Å². The van der Waals surface area contributed by atoms with Crippen molar-refractivity contribution in [3.8, 4) is 0 Å². The molecule has 14 heavy (non-hydrogen) atoms. The Morgan fingerprint density at radius 2 is 1.57 bits per heavy atom. The Kier molecular flexibility index (Phi) is 2.38. The van der Waals surface area contributed by atoms with Crippen molar-refractivity contribution in [3.63, 3.8) is 0 Å². The number of benzene rings is 2. The zero-order chi connectivity index (χ0) is 10.1. The molecule has 0 aliphatic carbocycles. The Morgan fingerprint density at radius 3 is 2.29 bits per heavy atom. The molecular formula is C12H12FSi. The van der Waals surface area contributed by atoms with Gasteiger partial charge in [-0.1, -0.05) is 42.5 Å². The second-order valence-electron chi connectivity index (χ2n) is 3.71. The van der Waals surface area contributed by atoms with E-state index in [4.69, 9.17) is 0 Å². The highest BCUT2D eigenvalue weighted by Crippen LogP contribution is 2.13. The highest BCUT2D eigenvalue weighted by molar-refractivity contribution is 6.70. The average Bonchev–Trinajstić information content (AvgIpc) is 2.16. The molecule has 2 heteroatoms. The summed E-state index contributed by atoms with van der Waals surface area (Å²) in [4.78, 5) is 0. The average molecular weight is 203 g/mol. The summed E-state index contributed by atoms with van der Waals surface area (Å²) in [5, 5.41) is 3.52.